The molecule has 1 atom stereocenters. The van der Waals surface area contributed by atoms with E-state index in [1.807, 2.05) is 12.1 Å². The Morgan fingerprint density at radius 2 is 2.00 bits per heavy atom. The third kappa shape index (κ3) is 3.58. The van der Waals surface area contributed by atoms with Crippen LogP contribution < -0.4 is 5.73 Å². The van der Waals surface area contributed by atoms with Crippen LogP contribution in [0.2, 0.25) is 0 Å². The van der Waals surface area contributed by atoms with Gasteiger partial charge in [0.25, 0.3) is 0 Å². The van der Waals surface area contributed by atoms with Gasteiger partial charge in [-0.05, 0) is 56.5 Å². The van der Waals surface area contributed by atoms with Crippen LogP contribution >= 0.6 is 0 Å². The van der Waals surface area contributed by atoms with E-state index in [1.165, 1.54) is 11.1 Å². The van der Waals surface area contributed by atoms with E-state index in [9.17, 15) is 9.90 Å². The molecule has 0 spiro atoms. The molecule has 2 rings (SSSR count). The molecule has 110 valence electrons. The number of aryl methyl sites for hydroxylation is 2. The highest BCUT2D eigenvalue weighted by atomic mass is 16.3. The van der Waals surface area contributed by atoms with E-state index in [4.69, 9.17) is 5.73 Å². The second-order valence-electron chi connectivity index (χ2n) is 5.84. The average molecular weight is 276 g/mol. The van der Waals surface area contributed by atoms with E-state index < -0.39 is 6.10 Å². The van der Waals surface area contributed by atoms with E-state index in [0.29, 0.717) is 6.54 Å². The van der Waals surface area contributed by atoms with Crippen molar-refractivity contribution in [3.63, 3.8) is 0 Å². The van der Waals surface area contributed by atoms with Crippen LogP contribution in [0, 0.1) is 19.8 Å². The lowest BCUT2D eigenvalue weighted by atomic mass is 9.95. The molecule has 4 heteroatoms. The molecule has 4 nitrogen and oxygen atoms in total. The Morgan fingerprint density at radius 3 is 2.55 bits per heavy atom. The maximum Gasteiger partial charge on any atom is 0.220 e. The van der Waals surface area contributed by atoms with Crippen molar-refractivity contribution < 1.29 is 9.90 Å². The van der Waals surface area contributed by atoms with Crippen molar-refractivity contribution in [3.8, 4) is 0 Å². The lowest BCUT2D eigenvalue weighted by Gasteiger charge is -2.32. The van der Waals surface area contributed by atoms with Gasteiger partial charge in [0, 0.05) is 12.5 Å². The molecule has 0 aliphatic carbocycles. The molecule has 1 heterocycles. The van der Waals surface area contributed by atoms with E-state index in [-0.39, 0.29) is 11.8 Å². The van der Waals surface area contributed by atoms with Crippen molar-refractivity contribution in [2.45, 2.75) is 32.8 Å². The third-order valence-corrected chi connectivity index (χ3v) is 4.34. The second kappa shape index (κ2) is 6.37. The second-order valence-corrected chi connectivity index (χ2v) is 5.84. The summed E-state index contributed by atoms with van der Waals surface area (Å²) in [6.07, 6.45) is 1.13. The number of primary amides is 1. The molecule has 0 bridgehead atoms. The molecule has 0 saturated carbocycles. The molecule has 1 saturated heterocycles. The minimum Gasteiger partial charge on any atom is -0.387 e. The van der Waals surface area contributed by atoms with Crippen LogP contribution in [0.5, 0.6) is 0 Å². The van der Waals surface area contributed by atoms with Gasteiger partial charge < -0.3 is 15.7 Å². The molecule has 1 aliphatic rings. The normalized spacial score (nSPS) is 18.9. The van der Waals surface area contributed by atoms with E-state index in [2.05, 4.69) is 24.8 Å². The molecular weight excluding hydrogens is 252 g/mol. The number of amides is 1. The van der Waals surface area contributed by atoms with Gasteiger partial charge in [-0.15, -0.1) is 0 Å². The van der Waals surface area contributed by atoms with Crippen molar-refractivity contribution >= 4 is 5.91 Å². The number of aliphatic hydroxyl groups excluding tert-OH is 1. The summed E-state index contributed by atoms with van der Waals surface area (Å²) >= 11 is 0. The van der Waals surface area contributed by atoms with E-state index >= 15 is 0 Å². The van der Waals surface area contributed by atoms with Gasteiger partial charge in [0.05, 0.1) is 6.10 Å². The standard InChI is InChI=1S/C16H24N2O2/c1-11-3-4-14(9-12(11)2)15(19)10-18-7-5-13(6-8-18)16(17)20/h3-4,9,13,15,19H,5-8,10H2,1-2H3,(H2,17,20). The number of nitrogens with zero attached hydrogens (tertiary/aromatic N) is 1. The molecule has 1 aromatic rings. The molecule has 0 aromatic heterocycles. The number of piperidine rings is 1. The molecule has 3 N–H and O–H groups in total. The Kier molecular flexibility index (Phi) is 4.78. The number of β-amino-alcohol motifs (C(OH)–C–C–N with tert-alkyl or cyclic N) is 1. The van der Waals surface area contributed by atoms with Crippen molar-refractivity contribution in [2.75, 3.05) is 19.6 Å². The number of aliphatic hydroxyl groups is 1. The highest BCUT2D eigenvalue weighted by Gasteiger charge is 2.24. The van der Waals surface area contributed by atoms with Crippen LogP contribution in [0.1, 0.15) is 35.6 Å². The summed E-state index contributed by atoms with van der Waals surface area (Å²) in [5.74, 6) is -0.190. The third-order valence-electron chi connectivity index (χ3n) is 4.34. The predicted octanol–water partition coefficient (Wildman–Crippen LogP) is 1.53. The van der Waals surface area contributed by atoms with Crippen molar-refractivity contribution in [1.82, 2.24) is 4.90 Å². The monoisotopic (exact) mass is 276 g/mol. The first-order valence-corrected chi connectivity index (χ1v) is 7.24. The first kappa shape index (κ1) is 15.0. The SMILES string of the molecule is Cc1ccc(C(O)CN2CCC(C(N)=O)CC2)cc1C. The number of hydrogen-bond acceptors (Lipinski definition) is 3. The fraction of sp³-hybridized carbons (Fsp3) is 0.562. The summed E-state index contributed by atoms with van der Waals surface area (Å²) < 4.78 is 0. The van der Waals surface area contributed by atoms with Crippen molar-refractivity contribution in [3.05, 3.63) is 34.9 Å². The van der Waals surface area contributed by atoms with Gasteiger partial charge in [-0.2, -0.15) is 0 Å². The predicted molar refractivity (Wildman–Crippen MR) is 79.2 cm³/mol. The van der Waals surface area contributed by atoms with Gasteiger partial charge >= 0.3 is 0 Å². The smallest absolute Gasteiger partial charge is 0.220 e. The quantitative estimate of drug-likeness (QED) is 0.876. The molecule has 0 radical (unpaired) electrons. The number of rotatable bonds is 4. The average Bonchev–Trinajstić information content (AvgIpc) is 2.42. The number of benzene rings is 1. The zero-order chi connectivity index (χ0) is 14.7. The number of carbonyl (C=O) groups excluding carboxylic acids is 1. The van der Waals surface area contributed by atoms with Gasteiger partial charge in [-0.25, -0.2) is 0 Å². The Labute approximate surface area is 120 Å². The Morgan fingerprint density at radius 1 is 1.35 bits per heavy atom. The summed E-state index contributed by atoms with van der Waals surface area (Å²) in [6, 6.07) is 6.09. The molecule has 1 aliphatic heterocycles. The van der Waals surface area contributed by atoms with Crippen LogP contribution in [-0.2, 0) is 4.79 Å². The number of hydrogen-bond donors (Lipinski definition) is 2. The summed E-state index contributed by atoms with van der Waals surface area (Å²) in [5, 5.41) is 10.3. The number of likely N-dealkylation sites (tertiary alicyclic amines) is 1. The van der Waals surface area contributed by atoms with Crippen molar-refractivity contribution in [2.24, 2.45) is 11.7 Å². The molecule has 20 heavy (non-hydrogen) atoms. The highest BCUT2D eigenvalue weighted by molar-refractivity contribution is 5.76. The first-order valence-electron chi connectivity index (χ1n) is 7.24. The van der Waals surface area contributed by atoms with E-state index in [1.54, 1.807) is 0 Å². The molecular formula is C16H24N2O2. The maximum absolute atomic E-state index is 11.1. The minimum atomic E-state index is -0.473. The van der Waals surface area contributed by atoms with Crippen LogP contribution in [0.25, 0.3) is 0 Å². The maximum atomic E-state index is 11.1. The van der Waals surface area contributed by atoms with Gasteiger partial charge in [-0.1, -0.05) is 18.2 Å². The Balaban J connectivity index is 1.90. The molecule has 1 unspecified atom stereocenters. The van der Waals surface area contributed by atoms with Gasteiger partial charge in [0.1, 0.15) is 0 Å². The minimum absolute atomic E-state index is 0.00464. The van der Waals surface area contributed by atoms with Gasteiger partial charge in [-0.3, -0.25) is 4.79 Å². The van der Waals surface area contributed by atoms with Crippen LogP contribution in [0.3, 0.4) is 0 Å². The Bertz CT molecular complexity index is 479. The summed E-state index contributed by atoms with van der Waals surface area (Å²) in [4.78, 5) is 13.3. The van der Waals surface area contributed by atoms with Crippen molar-refractivity contribution in [1.29, 1.82) is 0 Å². The summed E-state index contributed by atoms with van der Waals surface area (Å²) in [7, 11) is 0. The van der Waals surface area contributed by atoms with Gasteiger partial charge in [0.2, 0.25) is 5.91 Å². The van der Waals surface area contributed by atoms with Crippen LogP contribution in [0.4, 0.5) is 0 Å². The van der Waals surface area contributed by atoms with E-state index in [0.717, 1.165) is 31.5 Å². The number of carbonyl (C=O) groups is 1. The zero-order valence-electron chi connectivity index (χ0n) is 12.3. The number of nitrogens with two attached hydrogens (primary N) is 1. The fourth-order valence-electron chi connectivity index (χ4n) is 2.72. The Hall–Kier alpha value is -1.39. The van der Waals surface area contributed by atoms with Crippen LogP contribution in [-0.4, -0.2) is 35.5 Å². The largest absolute Gasteiger partial charge is 0.387 e. The topological polar surface area (TPSA) is 66.6 Å². The van der Waals surface area contributed by atoms with Crippen LogP contribution in [0.15, 0.2) is 18.2 Å². The lowest BCUT2D eigenvalue weighted by molar-refractivity contribution is -0.123. The first-order chi connectivity index (χ1) is 9.47. The zero-order valence-corrected chi connectivity index (χ0v) is 12.3. The lowest BCUT2D eigenvalue weighted by Crippen LogP contribution is -2.40. The highest BCUT2D eigenvalue weighted by Crippen LogP contribution is 2.22. The summed E-state index contributed by atoms with van der Waals surface area (Å²) in [6.45, 7) is 6.41. The molecule has 1 aromatic carbocycles. The molecule has 1 amide bonds. The van der Waals surface area contributed by atoms with Gasteiger partial charge in [0.15, 0.2) is 0 Å². The fourth-order valence-corrected chi connectivity index (χ4v) is 2.72. The summed E-state index contributed by atoms with van der Waals surface area (Å²) in [5.41, 5.74) is 8.73. The molecule has 1 fully saturated rings.